The highest BCUT2D eigenvalue weighted by atomic mass is 35.5. The lowest BCUT2D eigenvalue weighted by molar-refractivity contribution is 0.617. The number of aromatic nitrogens is 2. The van der Waals surface area contributed by atoms with Gasteiger partial charge in [0.05, 0.1) is 5.39 Å². The van der Waals surface area contributed by atoms with Crippen LogP contribution < -0.4 is 5.56 Å². The molecule has 0 aliphatic heterocycles. The van der Waals surface area contributed by atoms with Crippen LogP contribution in [-0.2, 0) is 12.3 Å². The molecule has 3 nitrogen and oxygen atoms in total. The Hall–Kier alpha value is -2.41. The SMILES string of the molecule is C=CCn1c(SCc2c(F)cccc2Cl)nc2scc(-c3ccccc3)c2c1=O. The first kappa shape index (κ1) is 19.9. The highest BCUT2D eigenvalue weighted by molar-refractivity contribution is 7.98. The molecule has 0 aliphatic rings. The molecule has 29 heavy (non-hydrogen) atoms. The maximum Gasteiger partial charge on any atom is 0.263 e. The second-order valence-corrected chi connectivity index (χ2v) is 8.49. The van der Waals surface area contributed by atoms with E-state index in [9.17, 15) is 9.18 Å². The van der Waals surface area contributed by atoms with Gasteiger partial charge in [-0.15, -0.1) is 17.9 Å². The maximum absolute atomic E-state index is 14.1. The summed E-state index contributed by atoms with van der Waals surface area (Å²) in [5.74, 6) is -0.0940. The van der Waals surface area contributed by atoms with E-state index < -0.39 is 0 Å². The monoisotopic (exact) mass is 442 g/mol. The van der Waals surface area contributed by atoms with Crippen molar-refractivity contribution in [3.05, 3.63) is 93.3 Å². The summed E-state index contributed by atoms with van der Waals surface area (Å²) >= 11 is 8.85. The zero-order valence-electron chi connectivity index (χ0n) is 15.3. The quantitative estimate of drug-likeness (QED) is 0.197. The van der Waals surface area contributed by atoms with Crippen molar-refractivity contribution in [3.8, 4) is 11.1 Å². The first-order chi connectivity index (χ1) is 14.1. The molecule has 7 heteroatoms. The molecule has 0 saturated heterocycles. The molecular formula is C22H16ClFN2OS2. The summed E-state index contributed by atoms with van der Waals surface area (Å²) in [5, 5.41) is 3.42. The molecular weight excluding hydrogens is 427 g/mol. The van der Waals surface area contributed by atoms with Gasteiger partial charge >= 0.3 is 0 Å². The van der Waals surface area contributed by atoms with Crippen LogP contribution in [0.2, 0.25) is 5.02 Å². The number of benzene rings is 2. The topological polar surface area (TPSA) is 34.9 Å². The van der Waals surface area contributed by atoms with Crippen LogP contribution in [0, 0.1) is 5.82 Å². The van der Waals surface area contributed by atoms with Crippen LogP contribution in [0.5, 0.6) is 0 Å². The molecule has 2 heterocycles. The smallest absolute Gasteiger partial charge is 0.263 e. The van der Waals surface area contributed by atoms with Crippen molar-refractivity contribution in [1.29, 1.82) is 0 Å². The number of thioether (sulfide) groups is 1. The van der Waals surface area contributed by atoms with E-state index in [0.29, 0.717) is 32.5 Å². The second kappa shape index (κ2) is 8.53. The molecule has 4 rings (SSSR count). The van der Waals surface area contributed by atoms with Gasteiger partial charge in [-0.2, -0.15) is 0 Å². The Morgan fingerprint density at radius 3 is 2.72 bits per heavy atom. The molecule has 0 fully saturated rings. The Labute approximate surface area is 180 Å². The summed E-state index contributed by atoms with van der Waals surface area (Å²) in [7, 11) is 0. The predicted octanol–water partition coefficient (Wildman–Crippen LogP) is 6.40. The first-order valence-electron chi connectivity index (χ1n) is 8.84. The number of hydrogen-bond donors (Lipinski definition) is 0. The minimum Gasteiger partial charge on any atom is -0.283 e. The van der Waals surface area contributed by atoms with Gasteiger partial charge in [0.15, 0.2) is 5.16 Å². The molecule has 0 saturated carbocycles. The van der Waals surface area contributed by atoms with Crippen molar-refractivity contribution in [2.75, 3.05) is 0 Å². The molecule has 0 N–H and O–H groups in total. The number of fused-ring (bicyclic) bond motifs is 1. The zero-order chi connectivity index (χ0) is 20.4. The van der Waals surface area contributed by atoms with Crippen LogP contribution in [-0.4, -0.2) is 9.55 Å². The van der Waals surface area contributed by atoms with Crippen molar-refractivity contribution in [2.45, 2.75) is 17.5 Å². The molecule has 4 aromatic rings. The van der Waals surface area contributed by atoms with Gasteiger partial charge in [0.2, 0.25) is 0 Å². The lowest BCUT2D eigenvalue weighted by Gasteiger charge is -2.11. The Kier molecular flexibility index (Phi) is 5.85. The zero-order valence-corrected chi connectivity index (χ0v) is 17.7. The van der Waals surface area contributed by atoms with E-state index in [1.165, 1.54) is 29.2 Å². The van der Waals surface area contributed by atoms with E-state index in [1.54, 1.807) is 22.8 Å². The lowest BCUT2D eigenvalue weighted by atomic mass is 10.1. The van der Waals surface area contributed by atoms with Gasteiger partial charge in [-0.1, -0.05) is 65.8 Å². The van der Waals surface area contributed by atoms with Crippen LogP contribution in [0.1, 0.15) is 5.56 Å². The molecule has 0 aliphatic carbocycles. The van der Waals surface area contributed by atoms with Crippen molar-refractivity contribution in [2.24, 2.45) is 0 Å². The van der Waals surface area contributed by atoms with E-state index in [2.05, 4.69) is 6.58 Å². The summed E-state index contributed by atoms with van der Waals surface area (Å²) < 4.78 is 15.7. The molecule has 0 spiro atoms. The highest BCUT2D eigenvalue weighted by Crippen LogP contribution is 2.33. The van der Waals surface area contributed by atoms with Crippen molar-refractivity contribution >= 4 is 44.9 Å². The van der Waals surface area contributed by atoms with Gasteiger partial charge in [0, 0.05) is 33.8 Å². The van der Waals surface area contributed by atoms with Gasteiger partial charge in [-0.05, 0) is 17.7 Å². The fraction of sp³-hybridized carbons (Fsp3) is 0.0909. The molecule has 2 aromatic carbocycles. The fourth-order valence-electron chi connectivity index (χ4n) is 3.04. The average Bonchev–Trinajstić information content (AvgIpc) is 3.15. The van der Waals surface area contributed by atoms with E-state index in [1.807, 2.05) is 35.7 Å². The molecule has 0 atom stereocenters. The summed E-state index contributed by atoms with van der Waals surface area (Å²) in [5.41, 5.74) is 2.11. The average molecular weight is 443 g/mol. The molecule has 0 unspecified atom stereocenters. The van der Waals surface area contributed by atoms with Crippen molar-refractivity contribution in [3.63, 3.8) is 0 Å². The molecule has 2 aromatic heterocycles. The van der Waals surface area contributed by atoms with Gasteiger partial charge in [-0.3, -0.25) is 9.36 Å². The predicted molar refractivity (Wildman–Crippen MR) is 120 cm³/mol. The Bertz CT molecular complexity index is 1230. The second-order valence-electron chi connectivity index (χ2n) is 6.28. The van der Waals surface area contributed by atoms with E-state index in [-0.39, 0.29) is 17.1 Å². The van der Waals surface area contributed by atoms with Crippen LogP contribution in [0.4, 0.5) is 4.39 Å². The third-order valence-corrected chi connectivity index (χ3v) is 6.69. The van der Waals surface area contributed by atoms with Crippen molar-refractivity contribution < 1.29 is 4.39 Å². The minimum absolute atomic E-state index is 0.128. The van der Waals surface area contributed by atoms with Crippen molar-refractivity contribution in [1.82, 2.24) is 9.55 Å². The minimum atomic E-state index is -0.369. The van der Waals surface area contributed by atoms with Crippen LogP contribution in [0.3, 0.4) is 0 Å². The number of rotatable bonds is 6. The Balaban J connectivity index is 1.80. The Morgan fingerprint density at radius 1 is 1.21 bits per heavy atom. The van der Waals surface area contributed by atoms with Crippen LogP contribution in [0.15, 0.2) is 76.5 Å². The van der Waals surface area contributed by atoms with Gasteiger partial charge < -0.3 is 0 Å². The standard InChI is InChI=1S/C22H16ClFN2OS2/c1-2-11-26-21(27)19-15(14-7-4-3-5-8-14)12-28-20(19)25-22(26)29-13-16-17(23)9-6-10-18(16)24/h2-10,12H,1,11,13H2. The van der Waals surface area contributed by atoms with E-state index in [4.69, 9.17) is 16.6 Å². The van der Waals surface area contributed by atoms with Crippen LogP contribution >= 0.6 is 34.7 Å². The summed E-state index contributed by atoms with van der Waals surface area (Å²) in [6.45, 7) is 4.08. The summed E-state index contributed by atoms with van der Waals surface area (Å²) in [6.07, 6.45) is 1.66. The number of thiophene rings is 1. The lowest BCUT2D eigenvalue weighted by Crippen LogP contribution is -2.22. The highest BCUT2D eigenvalue weighted by Gasteiger charge is 2.18. The van der Waals surface area contributed by atoms with Gasteiger partial charge in [0.25, 0.3) is 5.56 Å². The third kappa shape index (κ3) is 3.88. The number of nitrogens with zero attached hydrogens (tertiary/aromatic N) is 2. The molecule has 0 bridgehead atoms. The molecule has 0 radical (unpaired) electrons. The molecule has 146 valence electrons. The summed E-state index contributed by atoms with van der Waals surface area (Å²) in [6, 6.07) is 14.4. The third-order valence-electron chi connectivity index (χ3n) is 4.46. The maximum atomic E-state index is 14.1. The number of hydrogen-bond acceptors (Lipinski definition) is 4. The van der Waals surface area contributed by atoms with Crippen LogP contribution in [0.25, 0.3) is 21.3 Å². The van der Waals surface area contributed by atoms with E-state index >= 15 is 0 Å². The number of allylic oxidation sites excluding steroid dienone is 1. The van der Waals surface area contributed by atoms with Gasteiger partial charge in [-0.25, -0.2) is 9.37 Å². The molecule has 0 amide bonds. The first-order valence-corrected chi connectivity index (χ1v) is 11.1. The normalized spacial score (nSPS) is 11.1. The summed E-state index contributed by atoms with van der Waals surface area (Å²) in [4.78, 5) is 18.7. The fourth-order valence-corrected chi connectivity index (χ4v) is 5.38. The number of halogens is 2. The largest absolute Gasteiger partial charge is 0.283 e. The van der Waals surface area contributed by atoms with E-state index in [0.717, 1.165) is 11.1 Å². The Morgan fingerprint density at radius 2 is 2.00 bits per heavy atom. The van der Waals surface area contributed by atoms with Gasteiger partial charge in [0.1, 0.15) is 10.6 Å².